The van der Waals surface area contributed by atoms with E-state index in [1.165, 1.54) is 0 Å². The highest BCUT2D eigenvalue weighted by molar-refractivity contribution is 6.30. The van der Waals surface area contributed by atoms with Crippen molar-refractivity contribution in [3.8, 4) is 16.8 Å². The third-order valence-corrected chi connectivity index (χ3v) is 5.46. The number of amides is 1. The zero-order valence-electron chi connectivity index (χ0n) is 18.0. The van der Waals surface area contributed by atoms with Crippen molar-refractivity contribution in [2.24, 2.45) is 0 Å². The van der Waals surface area contributed by atoms with Crippen molar-refractivity contribution in [2.45, 2.75) is 20.8 Å². The lowest BCUT2D eigenvalue weighted by Gasteiger charge is -2.18. The predicted molar refractivity (Wildman–Crippen MR) is 129 cm³/mol. The Balaban J connectivity index is 1.94. The molecule has 3 aromatic carbocycles. The molecule has 0 saturated carbocycles. The Morgan fingerprint density at radius 2 is 1.41 bits per heavy atom. The number of aromatic nitrogens is 2. The molecule has 5 nitrogen and oxygen atoms in total. The molecule has 0 spiro atoms. The Hall–Kier alpha value is -3.70. The predicted octanol–water partition coefficient (Wildman–Crippen LogP) is 5.73. The van der Waals surface area contributed by atoms with Crippen LogP contribution in [0.1, 0.15) is 27.2 Å². The minimum absolute atomic E-state index is 0.233. The average Bonchev–Trinajstić information content (AvgIpc) is 2.78. The summed E-state index contributed by atoms with van der Waals surface area (Å²) in [6.45, 7) is 5.65. The van der Waals surface area contributed by atoms with Gasteiger partial charge in [-0.3, -0.25) is 9.59 Å². The van der Waals surface area contributed by atoms with Gasteiger partial charge in [-0.25, -0.2) is 4.68 Å². The minimum atomic E-state index is -0.360. The number of nitrogens with zero attached hydrogens (tertiary/aromatic N) is 2. The van der Waals surface area contributed by atoms with E-state index in [9.17, 15) is 9.59 Å². The maximum atomic E-state index is 13.2. The van der Waals surface area contributed by atoms with Gasteiger partial charge < -0.3 is 5.32 Å². The van der Waals surface area contributed by atoms with Gasteiger partial charge in [0.2, 0.25) is 5.43 Å². The second-order valence-electron chi connectivity index (χ2n) is 7.71. The van der Waals surface area contributed by atoms with Gasteiger partial charge in [0.25, 0.3) is 5.91 Å². The maximum absolute atomic E-state index is 13.2. The van der Waals surface area contributed by atoms with E-state index >= 15 is 0 Å². The minimum Gasteiger partial charge on any atom is -0.306 e. The summed E-state index contributed by atoms with van der Waals surface area (Å²) in [5.74, 6) is -0.0470. The lowest BCUT2D eigenvalue weighted by molar-refractivity contribution is 0.102. The van der Waals surface area contributed by atoms with Gasteiger partial charge in [0, 0.05) is 10.6 Å². The van der Waals surface area contributed by atoms with E-state index in [0.29, 0.717) is 33.2 Å². The lowest BCUT2D eigenvalue weighted by Crippen LogP contribution is -2.25. The Morgan fingerprint density at radius 3 is 2.00 bits per heavy atom. The number of nitrogens with one attached hydrogen (secondary N) is 1. The quantitative estimate of drug-likeness (QED) is 0.438. The topological polar surface area (TPSA) is 64.0 Å². The molecule has 0 aliphatic rings. The van der Waals surface area contributed by atoms with E-state index in [-0.39, 0.29) is 11.3 Å². The molecule has 4 aromatic rings. The van der Waals surface area contributed by atoms with Crippen molar-refractivity contribution in [3.63, 3.8) is 0 Å². The second kappa shape index (κ2) is 8.81. The molecular weight excluding hydrogens is 422 g/mol. The number of benzene rings is 3. The van der Waals surface area contributed by atoms with Gasteiger partial charge in [-0.05, 0) is 62.7 Å². The Labute approximate surface area is 191 Å². The molecule has 1 N–H and O–H groups in total. The largest absolute Gasteiger partial charge is 0.306 e. The highest BCUT2D eigenvalue weighted by Gasteiger charge is 2.21. The van der Waals surface area contributed by atoms with Crippen LogP contribution >= 0.6 is 11.6 Å². The summed E-state index contributed by atoms with van der Waals surface area (Å²) < 4.78 is 1.61. The smallest absolute Gasteiger partial charge is 0.256 e. The van der Waals surface area contributed by atoms with Gasteiger partial charge in [0.1, 0.15) is 11.5 Å². The van der Waals surface area contributed by atoms with Gasteiger partial charge in [-0.15, -0.1) is 0 Å². The number of rotatable bonds is 4. The number of anilines is 1. The molecule has 0 fully saturated rings. The van der Waals surface area contributed by atoms with Crippen LogP contribution in [-0.4, -0.2) is 15.7 Å². The molecule has 0 saturated heterocycles. The van der Waals surface area contributed by atoms with Crippen LogP contribution in [0.3, 0.4) is 0 Å². The van der Waals surface area contributed by atoms with Crippen molar-refractivity contribution in [3.05, 3.63) is 110 Å². The fourth-order valence-electron chi connectivity index (χ4n) is 3.40. The van der Waals surface area contributed by atoms with E-state index in [2.05, 4.69) is 10.4 Å². The SMILES string of the molecule is Cc1ccc(-c2c(NC(=O)c3ccc(Cl)cc3)n(-c3ccc(C)cc3)nc(C)c2=O)cc1. The molecule has 160 valence electrons. The highest BCUT2D eigenvalue weighted by atomic mass is 35.5. The van der Waals surface area contributed by atoms with Crippen LogP contribution in [0.5, 0.6) is 0 Å². The zero-order valence-corrected chi connectivity index (χ0v) is 18.8. The normalized spacial score (nSPS) is 10.8. The van der Waals surface area contributed by atoms with E-state index in [0.717, 1.165) is 16.8 Å². The molecule has 1 aromatic heterocycles. The van der Waals surface area contributed by atoms with Crippen LogP contribution in [0.15, 0.2) is 77.6 Å². The summed E-state index contributed by atoms with van der Waals surface area (Å²) in [6.07, 6.45) is 0. The first-order valence-electron chi connectivity index (χ1n) is 10.2. The molecule has 1 heterocycles. The van der Waals surface area contributed by atoms with E-state index in [1.807, 2.05) is 62.4 Å². The highest BCUT2D eigenvalue weighted by Crippen LogP contribution is 2.28. The number of carbonyl (C=O) groups is 1. The fraction of sp³-hybridized carbons (Fsp3) is 0.115. The lowest BCUT2D eigenvalue weighted by atomic mass is 10.0. The Bertz CT molecular complexity index is 1340. The summed E-state index contributed by atoms with van der Waals surface area (Å²) in [6, 6.07) is 21.9. The van der Waals surface area contributed by atoms with Gasteiger partial charge in [0.15, 0.2) is 0 Å². The summed E-state index contributed by atoms with van der Waals surface area (Å²) in [5.41, 5.74) is 4.53. The van der Waals surface area contributed by atoms with Crippen LogP contribution in [0.2, 0.25) is 5.02 Å². The molecule has 32 heavy (non-hydrogen) atoms. The van der Waals surface area contributed by atoms with Gasteiger partial charge in [0.05, 0.1) is 11.3 Å². The van der Waals surface area contributed by atoms with Crippen LogP contribution in [0.4, 0.5) is 5.82 Å². The fourth-order valence-corrected chi connectivity index (χ4v) is 3.52. The molecule has 0 aliphatic heterocycles. The summed E-state index contributed by atoms with van der Waals surface area (Å²) >= 11 is 5.96. The molecule has 1 amide bonds. The number of carbonyl (C=O) groups excluding carboxylic acids is 1. The average molecular weight is 444 g/mol. The van der Waals surface area contributed by atoms with E-state index in [1.54, 1.807) is 35.9 Å². The van der Waals surface area contributed by atoms with Crippen molar-refractivity contribution in [1.82, 2.24) is 9.78 Å². The summed E-state index contributed by atoms with van der Waals surface area (Å²) in [4.78, 5) is 26.3. The molecule has 0 unspecified atom stereocenters. The summed E-state index contributed by atoms with van der Waals surface area (Å²) in [7, 11) is 0. The molecular formula is C26H22ClN3O2. The first-order valence-corrected chi connectivity index (χ1v) is 10.6. The Morgan fingerprint density at radius 1 is 0.844 bits per heavy atom. The van der Waals surface area contributed by atoms with Crippen molar-refractivity contribution in [2.75, 3.05) is 5.32 Å². The first kappa shape index (κ1) is 21.5. The van der Waals surface area contributed by atoms with Crippen LogP contribution in [-0.2, 0) is 0 Å². The first-order chi connectivity index (χ1) is 15.3. The van der Waals surface area contributed by atoms with E-state index in [4.69, 9.17) is 11.6 Å². The van der Waals surface area contributed by atoms with Crippen LogP contribution < -0.4 is 10.7 Å². The number of hydrogen-bond donors (Lipinski definition) is 1. The van der Waals surface area contributed by atoms with Crippen LogP contribution in [0, 0.1) is 20.8 Å². The number of halogens is 1. The van der Waals surface area contributed by atoms with Crippen molar-refractivity contribution >= 4 is 23.3 Å². The Kier molecular flexibility index (Phi) is 5.93. The maximum Gasteiger partial charge on any atom is 0.256 e. The monoisotopic (exact) mass is 443 g/mol. The third-order valence-electron chi connectivity index (χ3n) is 5.21. The van der Waals surface area contributed by atoms with Crippen molar-refractivity contribution < 1.29 is 4.79 Å². The zero-order chi connectivity index (χ0) is 22.8. The van der Waals surface area contributed by atoms with Gasteiger partial charge >= 0.3 is 0 Å². The van der Waals surface area contributed by atoms with Crippen LogP contribution in [0.25, 0.3) is 16.8 Å². The molecule has 6 heteroatoms. The number of hydrogen-bond acceptors (Lipinski definition) is 3. The van der Waals surface area contributed by atoms with Gasteiger partial charge in [-0.1, -0.05) is 59.1 Å². The molecule has 0 aliphatic carbocycles. The third kappa shape index (κ3) is 4.34. The molecule has 0 radical (unpaired) electrons. The molecule has 0 atom stereocenters. The van der Waals surface area contributed by atoms with Crippen molar-refractivity contribution in [1.29, 1.82) is 0 Å². The van der Waals surface area contributed by atoms with Gasteiger partial charge in [-0.2, -0.15) is 5.10 Å². The standard InChI is InChI=1S/C26H22ClN3O2/c1-16-4-8-19(9-5-16)23-24(31)18(3)29-30(22-14-6-17(2)7-15-22)25(23)28-26(32)20-10-12-21(27)13-11-20/h4-15H,1-3H3,(H,28,32). The molecule has 4 rings (SSSR count). The number of aryl methyl sites for hydroxylation is 3. The molecule has 0 bridgehead atoms. The second-order valence-corrected chi connectivity index (χ2v) is 8.15. The summed E-state index contributed by atoms with van der Waals surface area (Å²) in [5, 5.41) is 7.97. The van der Waals surface area contributed by atoms with E-state index < -0.39 is 0 Å².